The molecule has 2 rings (SSSR count). The van der Waals surface area contributed by atoms with Crippen molar-refractivity contribution in [2.75, 3.05) is 6.61 Å². The van der Waals surface area contributed by atoms with Gasteiger partial charge in [-0.2, -0.15) is 13.2 Å². The van der Waals surface area contributed by atoms with Gasteiger partial charge in [-0.25, -0.2) is 4.98 Å². The number of H-pyrrole nitrogens is 1. The van der Waals surface area contributed by atoms with Crippen LogP contribution in [-0.2, 0) is 10.9 Å². The Hall–Kier alpha value is -2.31. The summed E-state index contributed by atoms with van der Waals surface area (Å²) >= 11 is 0. The Morgan fingerprint density at radius 3 is 2.75 bits per heavy atom. The van der Waals surface area contributed by atoms with E-state index in [1.807, 2.05) is 0 Å². The summed E-state index contributed by atoms with van der Waals surface area (Å²) in [6.45, 7) is 5.66. The topological polar surface area (TPSA) is 55.0 Å². The van der Waals surface area contributed by atoms with Crippen molar-refractivity contribution >= 4 is 16.7 Å². The monoisotopic (exact) mass is 284 g/mol. The molecule has 0 amide bonds. The molecule has 2 aromatic rings. The van der Waals surface area contributed by atoms with Gasteiger partial charge in [-0.1, -0.05) is 6.58 Å². The molecule has 0 saturated heterocycles. The van der Waals surface area contributed by atoms with Crippen LogP contribution in [-0.4, -0.2) is 16.6 Å². The maximum absolute atomic E-state index is 12.6. The number of nitrogens with one attached hydrogen (secondary N) is 1. The second kappa shape index (κ2) is 4.99. The highest BCUT2D eigenvalue weighted by Gasteiger charge is 2.30. The minimum atomic E-state index is -4.51. The molecule has 1 aromatic heterocycles. The average Bonchev–Trinajstić information content (AvgIpc) is 2.37. The first kappa shape index (κ1) is 14.1. The van der Waals surface area contributed by atoms with E-state index < -0.39 is 17.3 Å². The average molecular weight is 284 g/mol. The molecule has 0 saturated carbocycles. The maximum atomic E-state index is 12.6. The van der Waals surface area contributed by atoms with E-state index >= 15 is 0 Å². The number of rotatable bonds is 3. The molecule has 106 valence electrons. The first-order chi connectivity index (χ1) is 9.32. The van der Waals surface area contributed by atoms with Crippen LogP contribution in [0.25, 0.3) is 16.7 Å². The second-order valence-corrected chi connectivity index (χ2v) is 4.00. The van der Waals surface area contributed by atoms with Gasteiger partial charge in [-0.05, 0) is 25.1 Å². The van der Waals surface area contributed by atoms with Gasteiger partial charge < -0.3 is 9.72 Å². The lowest BCUT2D eigenvalue weighted by Crippen LogP contribution is -2.14. The molecule has 0 radical (unpaired) electrons. The molecule has 0 atom stereocenters. The summed E-state index contributed by atoms with van der Waals surface area (Å²) < 4.78 is 42.9. The Morgan fingerprint density at radius 2 is 2.15 bits per heavy atom. The van der Waals surface area contributed by atoms with Crippen molar-refractivity contribution in [1.82, 2.24) is 9.97 Å². The number of aromatic nitrogens is 2. The van der Waals surface area contributed by atoms with E-state index in [4.69, 9.17) is 4.74 Å². The van der Waals surface area contributed by atoms with Gasteiger partial charge in [-0.3, -0.25) is 4.79 Å². The number of hydrogen-bond donors (Lipinski definition) is 1. The molecule has 0 spiro atoms. The number of hydrogen-bond acceptors (Lipinski definition) is 3. The number of halogens is 3. The molecule has 0 aliphatic carbocycles. The number of ether oxygens (including phenoxy) is 1. The van der Waals surface area contributed by atoms with Crippen LogP contribution in [0.5, 0.6) is 0 Å². The van der Waals surface area contributed by atoms with Crippen LogP contribution < -0.4 is 5.56 Å². The third-order valence-electron chi connectivity index (χ3n) is 2.62. The van der Waals surface area contributed by atoms with Crippen LogP contribution in [0.3, 0.4) is 0 Å². The summed E-state index contributed by atoms with van der Waals surface area (Å²) in [5, 5.41) is -0.132. The zero-order valence-electron chi connectivity index (χ0n) is 10.5. The first-order valence-electron chi connectivity index (χ1n) is 5.76. The van der Waals surface area contributed by atoms with Crippen LogP contribution in [0.2, 0.25) is 0 Å². The molecule has 1 N–H and O–H groups in total. The number of benzene rings is 1. The van der Waals surface area contributed by atoms with Gasteiger partial charge in [0, 0.05) is 0 Å². The lowest BCUT2D eigenvalue weighted by Gasteiger charge is -2.09. The van der Waals surface area contributed by atoms with Crippen molar-refractivity contribution in [2.24, 2.45) is 0 Å². The van der Waals surface area contributed by atoms with Crippen LogP contribution >= 0.6 is 0 Å². The SMILES string of the molecule is C=C(OCC)c1nc2ccc(C(F)(F)F)cc2c(=O)[nH]1. The number of alkyl halides is 3. The molecule has 4 nitrogen and oxygen atoms in total. The molecule has 7 heteroatoms. The lowest BCUT2D eigenvalue weighted by atomic mass is 10.1. The fraction of sp³-hybridized carbons (Fsp3) is 0.231. The minimum Gasteiger partial charge on any atom is -0.491 e. The normalized spacial score (nSPS) is 11.6. The third kappa shape index (κ3) is 2.66. The Balaban J connectivity index is 2.58. The largest absolute Gasteiger partial charge is 0.491 e. The van der Waals surface area contributed by atoms with Crippen LogP contribution in [0.15, 0.2) is 29.6 Å². The van der Waals surface area contributed by atoms with Crippen molar-refractivity contribution < 1.29 is 17.9 Å². The van der Waals surface area contributed by atoms with Gasteiger partial charge in [0.05, 0.1) is 23.1 Å². The number of nitrogens with zero attached hydrogens (tertiary/aromatic N) is 1. The zero-order valence-corrected chi connectivity index (χ0v) is 10.5. The second-order valence-electron chi connectivity index (χ2n) is 4.00. The fourth-order valence-electron chi connectivity index (χ4n) is 1.69. The van der Waals surface area contributed by atoms with Gasteiger partial charge in [0.1, 0.15) is 0 Å². The van der Waals surface area contributed by atoms with Crippen molar-refractivity contribution in [3.8, 4) is 0 Å². The minimum absolute atomic E-state index is 0.101. The lowest BCUT2D eigenvalue weighted by molar-refractivity contribution is -0.137. The first-order valence-corrected chi connectivity index (χ1v) is 5.76. The molecule has 0 fully saturated rings. The smallest absolute Gasteiger partial charge is 0.416 e. The van der Waals surface area contributed by atoms with E-state index in [9.17, 15) is 18.0 Å². The Labute approximate surface area is 111 Å². The highest BCUT2D eigenvalue weighted by Crippen LogP contribution is 2.30. The molecule has 1 heterocycles. The highest BCUT2D eigenvalue weighted by molar-refractivity contribution is 5.79. The van der Waals surface area contributed by atoms with Crippen molar-refractivity contribution in [2.45, 2.75) is 13.1 Å². The zero-order chi connectivity index (χ0) is 14.9. The number of fused-ring (bicyclic) bond motifs is 1. The van der Waals surface area contributed by atoms with Crippen molar-refractivity contribution in [1.29, 1.82) is 0 Å². The van der Waals surface area contributed by atoms with Gasteiger partial charge >= 0.3 is 6.18 Å². The highest BCUT2D eigenvalue weighted by atomic mass is 19.4. The summed E-state index contributed by atoms with van der Waals surface area (Å²) in [5.41, 5.74) is -1.41. The molecular formula is C13H11F3N2O2. The summed E-state index contributed by atoms with van der Waals surface area (Å²) in [7, 11) is 0. The Morgan fingerprint density at radius 1 is 1.45 bits per heavy atom. The van der Waals surface area contributed by atoms with Crippen molar-refractivity contribution in [3.05, 3.63) is 46.5 Å². The van der Waals surface area contributed by atoms with Crippen LogP contribution in [0, 0.1) is 0 Å². The van der Waals surface area contributed by atoms with Crippen LogP contribution in [0.4, 0.5) is 13.2 Å². The predicted molar refractivity (Wildman–Crippen MR) is 68.0 cm³/mol. The molecule has 20 heavy (non-hydrogen) atoms. The third-order valence-corrected chi connectivity index (χ3v) is 2.62. The standard InChI is InChI=1S/C13H11F3N2O2/c1-3-20-7(2)11-17-10-5-4-8(13(14,15)16)6-9(10)12(19)18-11/h4-6H,2-3H2,1H3,(H,17,18,19). The maximum Gasteiger partial charge on any atom is 0.416 e. The van der Waals surface area contributed by atoms with E-state index in [1.165, 1.54) is 0 Å². The quantitative estimate of drug-likeness (QED) is 0.882. The molecule has 0 aliphatic rings. The van der Waals surface area contributed by atoms with Gasteiger partial charge in [-0.15, -0.1) is 0 Å². The molecule has 1 aromatic carbocycles. The van der Waals surface area contributed by atoms with E-state index in [2.05, 4.69) is 16.5 Å². The fourth-order valence-corrected chi connectivity index (χ4v) is 1.69. The van der Waals surface area contributed by atoms with E-state index in [0.717, 1.165) is 18.2 Å². The molecule has 0 aliphatic heterocycles. The predicted octanol–water partition coefficient (Wildman–Crippen LogP) is 2.95. The van der Waals surface area contributed by atoms with Crippen molar-refractivity contribution in [3.63, 3.8) is 0 Å². The van der Waals surface area contributed by atoms with E-state index in [1.54, 1.807) is 6.92 Å². The summed E-state index contributed by atoms with van der Waals surface area (Å²) in [4.78, 5) is 18.2. The molecular weight excluding hydrogens is 273 g/mol. The van der Waals surface area contributed by atoms with Crippen LogP contribution in [0.1, 0.15) is 18.3 Å². The van der Waals surface area contributed by atoms with Gasteiger partial charge in [0.15, 0.2) is 11.6 Å². The summed E-state index contributed by atoms with van der Waals surface area (Å²) in [6.07, 6.45) is -4.51. The van der Waals surface area contributed by atoms with Gasteiger partial charge in [0.25, 0.3) is 5.56 Å². The van der Waals surface area contributed by atoms with E-state index in [0.29, 0.717) is 6.61 Å². The van der Waals surface area contributed by atoms with Gasteiger partial charge in [0.2, 0.25) is 0 Å². The molecule has 0 bridgehead atoms. The Bertz CT molecular complexity index is 720. The Kier molecular flexibility index (Phi) is 3.52. The van der Waals surface area contributed by atoms with E-state index in [-0.39, 0.29) is 22.5 Å². The summed E-state index contributed by atoms with van der Waals surface area (Å²) in [6, 6.07) is 2.80. The molecule has 0 unspecified atom stereocenters. The number of aromatic amines is 1. The summed E-state index contributed by atoms with van der Waals surface area (Å²) in [5.74, 6) is 0.260.